The summed E-state index contributed by atoms with van der Waals surface area (Å²) in [5, 5.41) is 9.11. The van der Waals surface area contributed by atoms with E-state index in [1.165, 1.54) is 0 Å². The number of carbonyl (C=O) groups excluding carboxylic acids is 1. The van der Waals surface area contributed by atoms with Crippen LogP contribution in [0.4, 0.5) is 17.1 Å². The number of nitrogens with one attached hydrogen (secondary N) is 1. The Morgan fingerprint density at radius 1 is 0.963 bits per heavy atom. The van der Waals surface area contributed by atoms with Crippen molar-refractivity contribution in [3.63, 3.8) is 0 Å². The first kappa shape index (κ1) is 17.0. The number of hydroxylamine groups is 1. The molecule has 0 saturated carbocycles. The van der Waals surface area contributed by atoms with Gasteiger partial charge in [0.1, 0.15) is 0 Å². The molecule has 27 heavy (non-hydrogen) atoms. The summed E-state index contributed by atoms with van der Waals surface area (Å²) in [6.07, 6.45) is 1.85. The van der Waals surface area contributed by atoms with Crippen LogP contribution >= 0.6 is 0 Å². The predicted octanol–water partition coefficient (Wildman–Crippen LogP) is 4.69. The highest BCUT2D eigenvalue weighted by Crippen LogP contribution is 2.41. The first-order chi connectivity index (χ1) is 13.2. The highest BCUT2D eigenvalue weighted by molar-refractivity contribution is 6.06. The Hall–Kier alpha value is -3.44. The van der Waals surface area contributed by atoms with Gasteiger partial charge in [-0.2, -0.15) is 0 Å². The van der Waals surface area contributed by atoms with Crippen LogP contribution in [0.3, 0.4) is 0 Å². The van der Waals surface area contributed by atoms with Crippen LogP contribution in [0, 0.1) is 0 Å². The fourth-order valence-electron chi connectivity index (χ4n) is 3.54. The second kappa shape index (κ2) is 7.05. The Labute approximate surface area is 157 Å². The lowest BCUT2D eigenvalue weighted by atomic mass is 9.94. The molecule has 0 aromatic heterocycles. The average molecular weight is 357 g/mol. The third-order valence-electron chi connectivity index (χ3n) is 4.76. The van der Waals surface area contributed by atoms with Crippen molar-refractivity contribution in [1.82, 2.24) is 5.48 Å². The van der Waals surface area contributed by atoms with Gasteiger partial charge in [0, 0.05) is 23.9 Å². The van der Waals surface area contributed by atoms with Crippen molar-refractivity contribution in [2.75, 3.05) is 11.4 Å². The zero-order valence-corrected chi connectivity index (χ0v) is 14.9. The maximum absolute atomic E-state index is 12.1. The fraction of sp³-hybridized carbons (Fsp3) is 0.0909. The largest absolute Gasteiger partial charge is 0.339 e. The topological polar surface area (TPSA) is 64.9 Å². The van der Waals surface area contributed by atoms with Crippen LogP contribution < -0.4 is 10.4 Å². The minimum atomic E-state index is -0.538. The lowest BCUT2D eigenvalue weighted by molar-refractivity contribution is 0.0707. The number of hydrogen-bond acceptors (Lipinski definition) is 4. The van der Waals surface area contributed by atoms with E-state index in [0.717, 1.165) is 40.3 Å². The lowest BCUT2D eigenvalue weighted by Gasteiger charge is -2.25. The maximum Gasteiger partial charge on any atom is 0.275 e. The number of fused-ring (bicyclic) bond motifs is 2. The molecule has 5 nitrogen and oxygen atoms in total. The first-order valence-electron chi connectivity index (χ1n) is 8.82. The molecule has 0 unspecified atom stereocenters. The number of amides is 1. The van der Waals surface area contributed by atoms with Gasteiger partial charge in [-0.15, -0.1) is 0 Å². The second-order valence-corrected chi connectivity index (χ2v) is 6.22. The molecule has 3 aromatic carbocycles. The molecule has 0 bridgehead atoms. The number of carbonyl (C=O) groups is 1. The molecule has 2 N–H and O–H groups in total. The number of para-hydroxylation sites is 2. The SMILES string of the molecule is CCN1c2ccccc2N=Cc2c(-c3ccccc3C(=O)NO)cccc21. The minimum absolute atomic E-state index is 0.409. The molecular weight excluding hydrogens is 338 g/mol. The van der Waals surface area contributed by atoms with Gasteiger partial charge in [-0.3, -0.25) is 15.0 Å². The van der Waals surface area contributed by atoms with Gasteiger partial charge in [-0.1, -0.05) is 42.5 Å². The van der Waals surface area contributed by atoms with E-state index in [4.69, 9.17) is 10.2 Å². The molecule has 4 rings (SSSR count). The van der Waals surface area contributed by atoms with E-state index in [9.17, 15) is 4.79 Å². The zero-order valence-electron chi connectivity index (χ0n) is 14.9. The van der Waals surface area contributed by atoms with E-state index >= 15 is 0 Å². The van der Waals surface area contributed by atoms with Crippen molar-refractivity contribution in [1.29, 1.82) is 0 Å². The first-order valence-corrected chi connectivity index (χ1v) is 8.82. The molecular formula is C22H19N3O2. The molecule has 1 heterocycles. The number of nitrogens with zero attached hydrogens (tertiary/aromatic N) is 2. The van der Waals surface area contributed by atoms with Crippen molar-refractivity contribution < 1.29 is 10.0 Å². The summed E-state index contributed by atoms with van der Waals surface area (Å²) >= 11 is 0. The smallest absolute Gasteiger partial charge is 0.275 e. The molecule has 3 aromatic rings. The third-order valence-corrected chi connectivity index (χ3v) is 4.76. The summed E-state index contributed by atoms with van der Waals surface area (Å²) in [5.41, 5.74) is 7.70. The van der Waals surface area contributed by atoms with Gasteiger partial charge in [-0.25, -0.2) is 5.48 Å². The van der Waals surface area contributed by atoms with Gasteiger partial charge < -0.3 is 4.90 Å². The van der Waals surface area contributed by atoms with Crippen molar-refractivity contribution in [2.24, 2.45) is 4.99 Å². The Balaban J connectivity index is 1.96. The molecule has 1 aliphatic rings. The summed E-state index contributed by atoms with van der Waals surface area (Å²) in [5.74, 6) is -0.538. The molecule has 1 amide bonds. The van der Waals surface area contributed by atoms with Crippen LogP contribution in [0.2, 0.25) is 0 Å². The van der Waals surface area contributed by atoms with Gasteiger partial charge in [0.25, 0.3) is 5.91 Å². The number of anilines is 2. The normalized spacial score (nSPS) is 12.1. The predicted molar refractivity (Wildman–Crippen MR) is 108 cm³/mol. The number of rotatable bonds is 3. The maximum atomic E-state index is 12.1. The number of hydrogen-bond donors (Lipinski definition) is 2. The van der Waals surface area contributed by atoms with Crippen LogP contribution in [-0.2, 0) is 0 Å². The number of aliphatic imine (C=N–C) groups is 1. The van der Waals surface area contributed by atoms with Crippen LogP contribution in [0.15, 0.2) is 71.7 Å². The molecule has 0 saturated heterocycles. The van der Waals surface area contributed by atoms with Crippen LogP contribution in [0.1, 0.15) is 22.8 Å². The lowest BCUT2D eigenvalue weighted by Crippen LogP contribution is -2.20. The molecule has 0 radical (unpaired) electrons. The van der Waals surface area contributed by atoms with E-state index in [-0.39, 0.29) is 0 Å². The van der Waals surface area contributed by atoms with Gasteiger partial charge in [0.2, 0.25) is 0 Å². The van der Waals surface area contributed by atoms with E-state index in [2.05, 4.69) is 24.0 Å². The van der Waals surface area contributed by atoms with E-state index in [1.54, 1.807) is 17.6 Å². The average Bonchev–Trinajstić information content (AvgIpc) is 2.89. The molecule has 1 aliphatic heterocycles. The molecule has 5 heteroatoms. The molecule has 134 valence electrons. The summed E-state index contributed by atoms with van der Waals surface area (Å²) in [6.45, 7) is 2.89. The van der Waals surface area contributed by atoms with E-state index in [0.29, 0.717) is 5.56 Å². The van der Waals surface area contributed by atoms with Crippen LogP contribution in [0.25, 0.3) is 11.1 Å². The Bertz CT molecular complexity index is 1040. The van der Waals surface area contributed by atoms with Crippen molar-refractivity contribution >= 4 is 29.2 Å². The molecule has 0 fully saturated rings. The quantitative estimate of drug-likeness (QED) is 0.528. The van der Waals surface area contributed by atoms with E-state index < -0.39 is 5.91 Å². The van der Waals surface area contributed by atoms with Gasteiger partial charge in [-0.05, 0) is 42.3 Å². The highest BCUT2D eigenvalue weighted by Gasteiger charge is 2.21. The summed E-state index contributed by atoms with van der Waals surface area (Å²) in [7, 11) is 0. The van der Waals surface area contributed by atoms with Crippen LogP contribution in [0.5, 0.6) is 0 Å². The highest BCUT2D eigenvalue weighted by atomic mass is 16.5. The Kier molecular flexibility index (Phi) is 4.44. The van der Waals surface area contributed by atoms with Crippen LogP contribution in [-0.4, -0.2) is 23.9 Å². The van der Waals surface area contributed by atoms with E-state index in [1.807, 2.05) is 48.7 Å². The van der Waals surface area contributed by atoms with Crippen molar-refractivity contribution in [2.45, 2.75) is 6.92 Å². The number of benzene rings is 3. The minimum Gasteiger partial charge on any atom is -0.339 e. The standard InChI is InChI=1S/C22H19N3O2/c1-2-25-20-13-7-10-16(15-8-3-4-9-17(15)22(26)24-27)18(20)14-23-19-11-5-6-12-21(19)25/h3-14,27H,2H2,1H3,(H,24,26). The summed E-state index contributed by atoms with van der Waals surface area (Å²) in [4.78, 5) is 19.0. The molecule has 0 atom stereocenters. The zero-order chi connectivity index (χ0) is 18.8. The Morgan fingerprint density at radius 2 is 1.67 bits per heavy atom. The molecule has 0 aliphatic carbocycles. The van der Waals surface area contributed by atoms with Gasteiger partial charge >= 0.3 is 0 Å². The van der Waals surface area contributed by atoms with Gasteiger partial charge in [0.05, 0.1) is 17.1 Å². The molecule has 0 spiro atoms. The summed E-state index contributed by atoms with van der Waals surface area (Å²) in [6, 6.07) is 21.3. The summed E-state index contributed by atoms with van der Waals surface area (Å²) < 4.78 is 0. The van der Waals surface area contributed by atoms with Gasteiger partial charge in [0.15, 0.2) is 0 Å². The third kappa shape index (κ3) is 2.88. The Morgan fingerprint density at radius 3 is 2.48 bits per heavy atom. The van der Waals surface area contributed by atoms with Crippen molar-refractivity contribution in [3.8, 4) is 11.1 Å². The second-order valence-electron chi connectivity index (χ2n) is 6.22. The monoisotopic (exact) mass is 357 g/mol. The fourth-order valence-corrected chi connectivity index (χ4v) is 3.54. The van der Waals surface area contributed by atoms with Crippen molar-refractivity contribution in [3.05, 3.63) is 77.9 Å².